The molecule has 0 spiro atoms. The van der Waals surface area contributed by atoms with Crippen molar-refractivity contribution in [2.45, 2.75) is 43.9 Å². The molecule has 0 bridgehead atoms. The van der Waals surface area contributed by atoms with Gasteiger partial charge in [-0.25, -0.2) is 4.79 Å². The van der Waals surface area contributed by atoms with Crippen molar-refractivity contribution in [2.75, 3.05) is 6.61 Å². The fraction of sp³-hybridized carbons (Fsp3) is 0.308. The minimum absolute atomic E-state index is 0.0977. The third kappa shape index (κ3) is 7.11. The smallest absolute Gasteiger partial charge is 0.428 e. The molecular weight excluding hydrogens is 514 g/mol. The third-order valence-corrected chi connectivity index (χ3v) is 5.91. The molecule has 198 valence electrons. The monoisotopic (exact) mass is 539 g/mol. The van der Waals surface area contributed by atoms with E-state index >= 15 is 0 Å². The molecule has 0 saturated heterocycles. The second-order valence-electron chi connectivity index (χ2n) is 8.31. The maximum Gasteiger partial charge on any atom is 0.461 e. The number of alkyl halides is 4. The molecule has 3 rings (SSSR count). The van der Waals surface area contributed by atoms with Crippen LogP contribution in [0.3, 0.4) is 0 Å². The SMILES string of the molecule is CCC(CO)NC(=O)N[C@@](Cc1ccccc1)(c1cccc(OC(F)(F)C(F)F)c1)c1ccc(Cl)cn1. The Labute approximate surface area is 216 Å². The summed E-state index contributed by atoms with van der Waals surface area (Å²) in [7, 11) is 0. The highest BCUT2D eigenvalue weighted by molar-refractivity contribution is 6.30. The van der Waals surface area contributed by atoms with E-state index in [9.17, 15) is 27.5 Å². The molecule has 2 atom stereocenters. The van der Waals surface area contributed by atoms with Crippen molar-refractivity contribution in [3.8, 4) is 5.75 Å². The normalized spacial score (nSPS) is 14.1. The van der Waals surface area contributed by atoms with E-state index in [0.717, 1.165) is 17.7 Å². The fourth-order valence-electron chi connectivity index (χ4n) is 3.77. The number of rotatable bonds is 11. The molecule has 0 radical (unpaired) electrons. The highest BCUT2D eigenvalue weighted by Gasteiger charge is 2.44. The van der Waals surface area contributed by atoms with Crippen molar-refractivity contribution in [2.24, 2.45) is 0 Å². The maximum absolute atomic E-state index is 13.7. The van der Waals surface area contributed by atoms with Crippen molar-refractivity contribution in [3.05, 3.63) is 94.8 Å². The zero-order chi connectivity index (χ0) is 27.1. The maximum atomic E-state index is 13.7. The van der Waals surface area contributed by atoms with E-state index in [0.29, 0.717) is 17.1 Å². The summed E-state index contributed by atoms with van der Waals surface area (Å²) in [6.07, 6.45) is -6.86. The lowest BCUT2D eigenvalue weighted by molar-refractivity contribution is -0.253. The predicted molar refractivity (Wildman–Crippen MR) is 131 cm³/mol. The Kier molecular flexibility index (Phi) is 9.34. The van der Waals surface area contributed by atoms with Gasteiger partial charge in [0.25, 0.3) is 0 Å². The second kappa shape index (κ2) is 12.2. The van der Waals surface area contributed by atoms with Crippen LogP contribution < -0.4 is 15.4 Å². The Hall–Kier alpha value is -3.37. The second-order valence-corrected chi connectivity index (χ2v) is 8.74. The molecule has 37 heavy (non-hydrogen) atoms. The first kappa shape index (κ1) is 28.2. The van der Waals surface area contributed by atoms with Gasteiger partial charge in [0.1, 0.15) is 11.3 Å². The molecule has 3 aromatic rings. The van der Waals surface area contributed by atoms with Gasteiger partial charge in [-0.1, -0.05) is 61.0 Å². The molecule has 0 aliphatic carbocycles. The molecule has 2 amide bonds. The number of hydrogen-bond donors (Lipinski definition) is 3. The van der Waals surface area contributed by atoms with Crippen molar-refractivity contribution < 1.29 is 32.2 Å². The van der Waals surface area contributed by atoms with Crippen LogP contribution in [0.15, 0.2) is 72.9 Å². The summed E-state index contributed by atoms with van der Waals surface area (Å²) in [6.45, 7) is 1.48. The van der Waals surface area contributed by atoms with Crippen LogP contribution in [-0.2, 0) is 12.0 Å². The molecule has 2 aromatic carbocycles. The molecule has 1 unspecified atom stereocenters. The van der Waals surface area contributed by atoms with Gasteiger partial charge in [0.15, 0.2) is 0 Å². The fourth-order valence-corrected chi connectivity index (χ4v) is 3.88. The number of aliphatic hydroxyl groups is 1. The standard InChI is InChI=1S/C26H26ClF4N3O3/c1-2-20(16-35)33-24(36)34-25(14-17-7-4-3-5-8-17,22-12-11-19(27)15-32-22)18-9-6-10-21(13-18)37-26(30,31)23(28)29/h3-13,15,20,23,35H,2,14,16H2,1H3,(H2,33,34,36)/t20?,25-/m0/s1. The summed E-state index contributed by atoms with van der Waals surface area (Å²) in [5.74, 6) is -0.529. The third-order valence-electron chi connectivity index (χ3n) is 5.69. The largest absolute Gasteiger partial charge is 0.461 e. The number of aromatic nitrogens is 1. The Morgan fingerprint density at radius 3 is 2.43 bits per heavy atom. The van der Waals surface area contributed by atoms with Gasteiger partial charge in [0.05, 0.1) is 23.4 Å². The number of hydrogen-bond acceptors (Lipinski definition) is 4. The van der Waals surface area contributed by atoms with E-state index in [1.54, 1.807) is 49.4 Å². The van der Waals surface area contributed by atoms with Crippen LogP contribution in [0.1, 0.15) is 30.2 Å². The Morgan fingerprint density at radius 1 is 1.11 bits per heavy atom. The van der Waals surface area contributed by atoms with E-state index < -0.39 is 35.9 Å². The number of nitrogens with zero attached hydrogens (tertiary/aromatic N) is 1. The Morgan fingerprint density at radius 2 is 1.84 bits per heavy atom. The zero-order valence-corrected chi connectivity index (χ0v) is 20.6. The average Bonchev–Trinajstić information content (AvgIpc) is 2.87. The van der Waals surface area contributed by atoms with Crippen LogP contribution in [0.5, 0.6) is 5.75 Å². The summed E-state index contributed by atoms with van der Waals surface area (Å²) in [5.41, 5.74) is -0.201. The Bertz CT molecular complexity index is 1170. The van der Waals surface area contributed by atoms with E-state index in [-0.39, 0.29) is 18.6 Å². The van der Waals surface area contributed by atoms with Gasteiger partial charge in [0.2, 0.25) is 0 Å². The van der Waals surface area contributed by atoms with Crippen LogP contribution in [0.25, 0.3) is 0 Å². The number of benzene rings is 2. The Balaban J connectivity index is 2.18. The number of nitrogens with one attached hydrogen (secondary N) is 2. The quantitative estimate of drug-likeness (QED) is 0.280. The summed E-state index contributed by atoms with van der Waals surface area (Å²) in [6, 6.07) is 16.0. The summed E-state index contributed by atoms with van der Waals surface area (Å²) in [5, 5.41) is 15.4. The molecule has 1 aromatic heterocycles. The number of aliphatic hydroxyl groups excluding tert-OH is 1. The van der Waals surface area contributed by atoms with Crippen LogP contribution >= 0.6 is 11.6 Å². The number of pyridine rings is 1. The van der Waals surface area contributed by atoms with E-state index in [1.165, 1.54) is 18.3 Å². The number of carbonyl (C=O) groups is 1. The van der Waals surface area contributed by atoms with Crippen LogP contribution in [0, 0.1) is 0 Å². The van der Waals surface area contributed by atoms with Gasteiger partial charge in [-0.3, -0.25) is 4.98 Å². The highest BCUT2D eigenvalue weighted by Crippen LogP contribution is 2.36. The number of amides is 2. The number of urea groups is 1. The predicted octanol–water partition coefficient (Wildman–Crippen LogP) is 5.53. The molecule has 0 saturated carbocycles. The first-order valence-electron chi connectivity index (χ1n) is 11.4. The van der Waals surface area contributed by atoms with Crippen molar-refractivity contribution in [3.63, 3.8) is 0 Å². The topological polar surface area (TPSA) is 83.5 Å². The van der Waals surface area contributed by atoms with Gasteiger partial charge < -0.3 is 20.5 Å². The molecule has 0 aliphatic heterocycles. The van der Waals surface area contributed by atoms with E-state index in [4.69, 9.17) is 11.6 Å². The zero-order valence-electron chi connectivity index (χ0n) is 19.8. The number of carbonyl (C=O) groups excluding carboxylic acids is 1. The molecule has 11 heteroatoms. The van der Waals surface area contributed by atoms with Crippen LogP contribution in [-0.4, -0.2) is 41.3 Å². The van der Waals surface area contributed by atoms with Crippen molar-refractivity contribution >= 4 is 17.6 Å². The van der Waals surface area contributed by atoms with Gasteiger partial charge in [0, 0.05) is 12.6 Å². The summed E-state index contributed by atoms with van der Waals surface area (Å²) >= 11 is 6.04. The molecular formula is C26H26ClF4N3O3. The van der Waals surface area contributed by atoms with Crippen molar-refractivity contribution in [1.82, 2.24) is 15.6 Å². The highest BCUT2D eigenvalue weighted by atomic mass is 35.5. The lowest BCUT2D eigenvalue weighted by atomic mass is 9.80. The lowest BCUT2D eigenvalue weighted by Gasteiger charge is -2.36. The van der Waals surface area contributed by atoms with Gasteiger partial charge in [-0.15, -0.1) is 0 Å². The van der Waals surface area contributed by atoms with E-state index in [2.05, 4.69) is 20.4 Å². The number of ether oxygens (including phenoxy) is 1. The minimum atomic E-state index is -4.72. The molecule has 3 N–H and O–H groups in total. The number of halogens is 5. The molecule has 1 heterocycles. The van der Waals surface area contributed by atoms with E-state index in [1.807, 2.05) is 0 Å². The summed E-state index contributed by atoms with van der Waals surface area (Å²) < 4.78 is 57.3. The van der Waals surface area contributed by atoms with Gasteiger partial charge in [-0.05, 0) is 41.8 Å². The minimum Gasteiger partial charge on any atom is -0.428 e. The van der Waals surface area contributed by atoms with Crippen molar-refractivity contribution in [1.29, 1.82) is 0 Å². The molecule has 0 aliphatic rings. The van der Waals surface area contributed by atoms with Gasteiger partial charge in [-0.2, -0.15) is 17.6 Å². The van der Waals surface area contributed by atoms with Crippen LogP contribution in [0.4, 0.5) is 22.4 Å². The first-order valence-corrected chi connectivity index (χ1v) is 11.8. The summed E-state index contributed by atoms with van der Waals surface area (Å²) in [4.78, 5) is 17.6. The van der Waals surface area contributed by atoms with Gasteiger partial charge >= 0.3 is 18.6 Å². The molecule has 6 nitrogen and oxygen atoms in total. The lowest BCUT2D eigenvalue weighted by Crippen LogP contribution is -2.54. The first-order chi connectivity index (χ1) is 17.6. The average molecular weight is 540 g/mol. The molecule has 0 fully saturated rings. The van der Waals surface area contributed by atoms with Crippen LogP contribution in [0.2, 0.25) is 5.02 Å².